The molecule has 0 aliphatic carbocycles. The van der Waals surface area contributed by atoms with E-state index < -0.39 is 0 Å². The van der Waals surface area contributed by atoms with Gasteiger partial charge in [0.15, 0.2) is 0 Å². The zero-order valence-corrected chi connectivity index (χ0v) is 12.9. The lowest BCUT2D eigenvalue weighted by atomic mass is 10.1. The van der Waals surface area contributed by atoms with Crippen LogP contribution in [0.15, 0.2) is 46.9 Å². The molecule has 0 aliphatic heterocycles. The minimum atomic E-state index is 0.178. The fourth-order valence-corrected chi connectivity index (χ4v) is 2.69. The van der Waals surface area contributed by atoms with Crippen molar-refractivity contribution in [2.45, 2.75) is 13.0 Å². The second-order valence-electron chi connectivity index (χ2n) is 4.08. The molecule has 0 fully saturated rings. The lowest BCUT2D eigenvalue weighted by Gasteiger charge is -2.16. The Morgan fingerprint density at radius 3 is 2.33 bits per heavy atom. The average Bonchev–Trinajstić information content (AvgIpc) is 2.27. The maximum Gasteiger partial charge on any atom is 0.0486 e. The summed E-state index contributed by atoms with van der Waals surface area (Å²) in [5, 5.41) is 4.64. The van der Waals surface area contributed by atoms with E-state index in [0.717, 1.165) is 10.2 Å². The van der Waals surface area contributed by atoms with Crippen molar-refractivity contribution in [2.24, 2.45) is 0 Å². The van der Waals surface area contributed by atoms with E-state index in [1.807, 2.05) is 24.3 Å². The van der Waals surface area contributed by atoms with Crippen molar-refractivity contribution in [1.82, 2.24) is 0 Å². The zero-order chi connectivity index (χ0) is 13.1. The van der Waals surface area contributed by atoms with Gasteiger partial charge in [0.05, 0.1) is 0 Å². The molecule has 0 spiro atoms. The first kappa shape index (κ1) is 13.7. The van der Waals surface area contributed by atoms with Gasteiger partial charge in [-0.05, 0) is 42.8 Å². The number of hydrogen-bond acceptors (Lipinski definition) is 1. The van der Waals surface area contributed by atoms with Gasteiger partial charge in [-0.1, -0.05) is 51.3 Å². The summed E-state index contributed by atoms with van der Waals surface area (Å²) in [6.07, 6.45) is 0. The van der Waals surface area contributed by atoms with Crippen LogP contribution < -0.4 is 5.32 Å². The third-order valence-corrected chi connectivity index (χ3v) is 3.52. The number of nitrogens with one attached hydrogen (secondary N) is 1. The maximum atomic E-state index is 5.97. The molecule has 0 amide bonds. The largest absolute Gasteiger partial charge is 0.378 e. The Kier molecular flexibility index (Phi) is 4.55. The summed E-state index contributed by atoms with van der Waals surface area (Å²) in [4.78, 5) is 0. The van der Waals surface area contributed by atoms with E-state index in [9.17, 15) is 0 Å². The Bertz CT molecular complexity index is 537. The highest BCUT2D eigenvalue weighted by atomic mass is 79.9. The molecule has 0 heterocycles. The van der Waals surface area contributed by atoms with Crippen molar-refractivity contribution >= 4 is 44.8 Å². The van der Waals surface area contributed by atoms with E-state index in [1.165, 1.54) is 5.56 Å². The number of rotatable bonds is 3. The molecule has 2 aromatic rings. The quantitative estimate of drug-likeness (QED) is 0.727. The first-order valence-electron chi connectivity index (χ1n) is 5.53. The SMILES string of the molecule is CC(Nc1cc(Cl)cc(Cl)c1)c1cccc(Br)c1. The summed E-state index contributed by atoms with van der Waals surface area (Å²) < 4.78 is 1.07. The van der Waals surface area contributed by atoms with E-state index in [0.29, 0.717) is 10.0 Å². The Hall–Kier alpha value is -0.700. The van der Waals surface area contributed by atoms with Gasteiger partial charge in [-0.15, -0.1) is 0 Å². The number of hydrogen-bond donors (Lipinski definition) is 1. The van der Waals surface area contributed by atoms with Gasteiger partial charge in [0, 0.05) is 26.2 Å². The van der Waals surface area contributed by atoms with Crippen LogP contribution in [0, 0.1) is 0 Å². The van der Waals surface area contributed by atoms with E-state index >= 15 is 0 Å². The van der Waals surface area contributed by atoms with Crippen molar-refractivity contribution < 1.29 is 0 Å². The molecular formula is C14H12BrCl2N. The van der Waals surface area contributed by atoms with Gasteiger partial charge in [-0.25, -0.2) is 0 Å². The first-order chi connectivity index (χ1) is 8.54. The molecule has 1 unspecified atom stereocenters. The van der Waals surface area contributed by atoms with Crippen molar-refractivity contribution in [3.05, 3.63) is 62.5 Å². The molecule has 0 bridgehead atoms. The normalized spacial score (nSPS) is 12.2. The fraction of sp³-hybridized carbons (Fsp3) is 0.143. The van der Waals surface area contributed by atoms with Crippen molar-refractivity contribution in [3.8, 4) is 0 Å². The summed E-state index contributed by atoms with van der Waals surface area (Å²) >= 11 is 15.4. The molecule has 0 aliphatic rings. The second-order valence-corrected chi connectivity index (χ2v) is 5.87. The Morgan fingerprint density at radius 1 is 1.06 bits per heavy atom. The van der Waals surface area contributed by atoms with Crippen molar-refractivity contribution in [1.29, 1.82) is 0 Å². The van der Waals surface area contributed by atoms with Crippen LogP contribution in [0.25, 0.3) is 0 Å². The fourth-order valence-electron chi connectivity index (χ4n) is 1.75. The Labute approximate surface area is 125 Å². The molecule has 18 heavy (non-hydrogen) atoms. The van der Waals surface area contributed by atoms with Crippen LogP contribution in [0.2, 0.25) is 10.0 Å². The third-order valence-electron chi connectivity index (χ3n) is 2.59. The molecule has 0 saturated heterocycles. The minimum Gasteiger partial charge on any atom is -0.378 e. The Morgan fingerprint density at radius 2 is 1.72 bits per heavy atom. The van der Waals surface area contributed by atoms with Crippen LogP contribution in [0.5, 0.6) is 0 Å². The number of halogens is 3. The van der Waals surface area contributed by atoms with Crippen LogP contribution in [0.3, 0.4) is 0 Å². The van der Waals surface area contributed by atoms with Gasteiger partial charge < -0.3 is 5.32 Å². The molecule has 4 heteroatoms. The van der Waals surface area contributed by atoms with E-state index in [-0.39, 0.29) is 6.04 Å². The molecule has 2 rings (SSSR count). The summed E-state index contributed by atoms with van der Waals surface area (Å²) in [6, 6.07) is 13.8. The van der Waals surface area contributed by atoms with E-state index in [4.69, 9.17) is 23.2 Å². The molecule has 1 nitrogen and oxygen atoms in total. The van der Waals surface area contributed by atoms with Gasteiger partial charge in [-0.3, -0.25) is 0 Å². The number of benzene rings is 2. The van der Waals surface area contributed by atoms with Gasteiger partial charge in [0.2, 0.25) is 0 Å². The molecule has 94 valence electrons. The standard InChI is InChI=1S/C14H12BrCl2N/c1-9(10-3-2-4-11(15)5-10)18-14-7-12(16)6-13(17)8-14/h2-9,18H,1H3. The predicted molar refractivity (Wildman–Crippen MR) is 82.6 cm³/mol. The molecular weight excluding hydrogens is 333 g/mol. The van der Waals surface area contributed by atoms with Gasteiger partial charge >= 0.3 is 0 Å². The summed E-state index contributed by atoms with van der Waals surface area (Å²) in [5.74, 6) is 0. The van der Waals surface area contributed by atoms with Gasteiger partial charge in [-0.2, -0.15) is 0 Å². The predicted octanol–water partition coefficient (Wildman–Crippen LogP) is 5.93. The topological polar surface area (TPSA) is 12.0 Å². The van der Waals surface area contributed by atoms with Crippen LogP contribution in [-0.2, 0) is 0 Å². The van der Waals surface area contributed by atoms with Crippen LogP contribution >= 0.6 is 39.1 Å². The van der Waals surface area contributed by atoms with E-state index in [1.54, 1.807) is 6.07 Å². The first-order valence-corrected chi connectivity index (χ1v) is 7.07. The average molecular weight is 345 g/mol. The molecule has 1 atom stereocenters. The molecule has 2 aromatic carbocycles. The number of anilines is 1. The second kappa shape index (κ2) is 5.96. The molecule has 1 N–H and O–H groups in total. The highest BCUT2D eigenvalue weighted by molar-refractivity contribution is 9.10. The summed E-state index contributed by atoms with van der Waals surface area (Å²) in [5.41, 5.74) is 2.11. The van der Waals surface area contributed by atoms with Crippen molar-refractivity contribution in [2.75, 3.05) is 5.32 Å². The van der Waals surface area contributed by atoms with E-state index in [2.05, 4.69) is 40.3 Å². The molecule has 0 aromatic heterocycles. The molecule has 0 radical (unpaired) electrons. The monoisotopic (exact) mass is 343 g/mol. The lowest BCUT2D eigenvalue weighted by molar-refractivity contribution is 0.884. The molecule has 0 saturated carbocycles. The summed E-state index contributed by atoms with van der Waals surface area (Å²) in [6.45, 7) is 2.09. The van der Waals surface area contributed by atoms with Crippen LogP contribution in [0.4, 0.5) is 5.69 Å². The third kappa shape index (κ3) is 3.64. The lowest BCUT2D eigenvalue weighted by Crippen LogP contribution is -2.06. The minimum absolute atomic E-state index is 0.178. The highest BCUT2D eigenvalue weighted by Crippen LogP contribution is 2.26. The van der Waals surface area contributed by atoms with Gasteiger partial charge in [0.25, 0.3) is 0 Å². The van der Waals surface area contributed by atoms with Crippen molar-refractivity contribution in [3.63, 3.8) is 0 Å². The Balaban J connectivity index is 2.18. The van der Waals surface area contributed by atoms with Gasteiger partial charge in [0.1, 0.15) is 0 Å². The smallest absolute Gasteiger partial charge is 0.0486 e. The van der Waals surface area contributed by atoms with Crippen LogP contribution in [-0.4, -0.2) is 0 Å². The van der Waals surface area contributed by atoms with Crippen LogP contribution in [0.1, 0.15) is 18.5 Å². The maximum absolute atomic E-state index is 5.97. The zero-order valence-electron chi connectivity index (χ0n) is 9.75. The summed E-state index contributed by atoms with van der Waals surface area (Å²) in [7, 11) is 0. The highest BCUT2D eigenvalue weighted by Gasteiger charge is 2.06.